The van der Waals surface area contributed by atoms with Crippen LogP contribution in [-0.4, -0.2) is 30.9 Å². The van der Waals surface area contributed by atoms with Crippen molar-refractivity contribution in [3.8, 4) is 11.4 Å². The van der Waals surface area contributed by atoms with Crippen LogP contribution in [0.15, 0.2) is 29.3 Å². The maximum absolute atomic E-state index is 12.2. The van der Waals surface area contributed by atoms with Crippen LogP contribution in [0, 0.1) is 6.92 Å². The van der Waals surface area contributed by atoms with Gasteiger partial charge in [0.2, 0.25) is 0 Å². The van der Waals surface area contributed by atoms with Crippen LogP contribution >= 0.6 is 11.6 Å². The third-order valence-electron chi connectivity index (χ3n) is 3.30. The van der Waals surface area contributed by atoms with Crippen LogP contribution in [0.2, 0.25) is 5.02 Å². The number of rotatable bonds is 2. The Labute approximate surface area is 128 Å². The summed E-state index contributed by atoms with van der Waals surface area (Å²) in [6.07, 6.45) is 2.25. The first-order chi connectivity index (χ1) is 10.4. The third kappa shape index (κ3) is 2.11. The number of H-pyrrole nitrogens is 1. The fourth-order valence-electron chi connectivity index (χ4n) is 2.17. The Kier molecular flexibility index (Phi) is 3.14. The van der Waals surface area contributed by atoms with Gasteiger partial charge < -0.3 is 15.2 Å². The summed E-state index contributed by atoms with van der Waals surface area (Å²) >= 11 is 6.00. The molecule has 22 heavy (non-hydrogen) atoms. The lowest BCUT2D eigenvalue weighted by molar-refractivity contribution is 0.0697. The van der Waals surface area contributed by atoms with Gasteiger partial charge in [-0.2, -0.15) is 5.10 Å². The molecule has 0 unspecified atom stereocenters. The number of carbonyl (C=O) groups is 1. The van der Waals surface area contributed by atoms with Crippen molar-refractivity contribution >= 4 is 28.5 Å². The zero-order valence-electron chi connectivity index (χ0n) is 11.3. The Balaban J connectivity index is 2.32. The molecule has 0 spiro atoms. The Morgan fingerprint density at radius 2 is 2.14 bits per heavy atom. The molecular weight excluding hydrogens is 310 g/mol. The van der Waals surface area contributed by atoms with Crippen molar-refractivity contribution in [2.45, 2.75) is 6.92 Å². The van der Waals surface area contributed by atoms with Crippen LogP contribution in [0.4, 0.5) is 0 Å². The van der Waals surface area contributed by atoms with Gasteiger partial charge in [-0.25, -0.2) is 9.48 Å². The number of aromatic nitrogens is 3. The van der Waals surface area contributed by atoms with Crippen molar-refractivity contribution in [2.24, 2.45) is 0 Å². The number of benzene rings is 1. The summed E-state index contributed by atoms with van der Waals surface area (Å²) in [4.78, 5) is 25.7. The van der Waals surface area contributed by atoms with E-state index in [2.05, 4.69) is 10.1 Å². The van der Waals surface area contributed by atoms with E-state index in [1.807, 2.05) is 0 Å². The van der Waals surface area contributed by atoms with E-state index >= 15 is 0 Å². The monoisotopic (exact) mass is 319 g/mol. The lowest BCUT2D eigenvalue weighted by atomic mass is 10.1. The van der Waals surface area contributed by atoms with Crippen LogP contribution in [0.3, 0.4) is 0 Å². The van der Waals surface area contributed by atoms with Gasteiger partial charge in [-0.3, -0.25) is 4.79 Å². The molecule has 0 radical (unpaired) electrons. The summed E-state index contributed by atoms with van der Waals surface area (Å²) in [6, 6.07) is 3.18. The van der Waals surface area contributed by atoms with Gasteiger partial charge in [0, 0.05) is 16.6 Å². The Bertz CT molecular complexity index is 974. The molecule has 2 heterocycles. The number of pyridine rings is 1. The van der Waals surface area contributed by atoms with Crippen molar-refractivity contribution in [1.29, 1.82) is 0 Å². The molecule has 0 aliphatic rings. The van der Waals surface area contributed by atoms with Crippen molar-refractivity contribution < 1.29 is 15.0 Å². The highest BCUT2D eigenvalue weighted by atomic mass is 35.5. The fraction of sp³-hybridized carbons (Fsp3) is 0.0714. The minimum Gasteiger partial charge on any atom is -0.505 e. The second-order valence-corrected chi connectivity index (χ2v) is 5.18. The van der Waals surface area contributed by atoms with Crippen molar-refractivity contribution in [2.75, 3.05) is 0 Å². The molecule has 1 aromatic carbocycles. The fourth-order valence-corrected chi connectivity index (χ4v) is 2.33. The summed E-state index contributed by atoms with van der Waals surface area (Å²) in [6.45, 7) is 1.77. The minimum absolute atomic E-state index is 0.0915. The molecule has 3 rings (SSSR count). The van der Waals surface area contributed by atoms with Gasteiger partial charge in [-0.05, 0) is 24.6 Å². The smallest absolute Gasteiger partial charge is 0.338 e. The first kappa shape index (κ1) is 14.2. The molecule has 0 amide bonds. The minimum atomic E-state index is -1.18. The highest BCUT2D eigenvalue weighted by Crippen LogP contribution is 2.30. The van der Waals surface area contributed by atoms with E-state index in [0.717, 1.165) is 22.6 Å². The number of nitrogens with zero attached hydrogens (tertiary/aromatic N) is 2. The molecule has 3 aromatic rings. The number of aromatic amines is 1. The number of aromatic hydroxyl groups is 1. The highest BCUT2D eigenvalue weighted by Gasteiger charge is 2.17. The van der Waals surface area contributed by atoms with E-state index in [1.54, 1.807) is 19.1 Å². The van der Waals surface area contributed by atoms with E-state index in [4.69, 9.17) is 16.7 Å². The van der Waals surface area contributed by atoms with Crippen LogP contribution in [-0.2, 0) is 0 Å². The number of fused-ring (bicyclic) bond motifs is 1. The molecule has 112 valence electrons. The number of hydrogen-bond acceptors (Lipinski definition) is 4. The van der Waals surface area contributed by atoms with Gasteiger partial charge in [0.05, 0.1) is 17.3 Å². The molecular formula is C14H10ClN3O4. The second kappa shape index (κ2) is 4.88. The molecule has 0 saturated carbocycles. The summed E-state index contributed by atoms with van der Waals surface area (Å²) in [5, 5.41) is 23.9. The van der Waals surface area contributed by atoms with E-state index in [-0.39, 0.29) is 17.0 Å². The van der Waals surface area contributed by atoms with Crippen LogP contribution in [0.5, 0.6) is 5.75 Å². The molecule has 7 nitrogen and oxygen atoms in total. The van der Waals surface area contributed by atoms with Crippen molar-refractivity contribution in [1.82, 2.24) is 14.8 Å². The molecule has 0 saturated heterocycles. The maximum atomic E-state index is 12.2. The number of aromatic carboxylic acids is 1. The lowest BCUT2D eigenvalue weighted by Gasteiger charge is -2.09. The zero-order valence-corrected chi connectivity index (χ0v) is 12.0. The average Bonchev–Trinajstić information content (AvgIpc) is 2.91. The Hall–Kier alpha value is -2.80. The molecule has 2 aromatic heterocycles. The van der Waals surface area contributed by atoms with Gasteiger partial charge in [0.15, 0.2) is 11.4 Å². The van der Waals surface area contributed by atoms with Crippen LogP contribution in [0.1, 0.15) is 15.9 Å². The lowest BCUT2D eigenvalue weighted by Crippen LogP contribution is -2.15. The largest absolute Gasteiger partial charge is 0.505 e. The van der Waals surface area contributed by atoms with Gasteiger partial charge in [-0.15, -0.1) is 0 Å². The quantitative estimate of drug-likeness (QED) is 0.670. The number of carboxylic acid groups (broad SMARTS) is 1. The third-order valence-corrected chi connectivity index (χ3v) is 3.71. The topological polar surface area (TPSA) is 108 Å². The maximum Gasteiger partial charge on any atom is 0.338 e. The summed E-state index contributed by atoms with van der Waals surface area (Å²) in [7, 11) is 0. The highest BCUT2D eigenvalue weighted by molar-refractivity contribution is 6.32. The summed E-state index contributed by atoms with van der Waals surface area (Å²) < 4.78 is 1.03. The van der Waals surface area contributed by atoms with Crippen LogP contribution in [0.25, 0.3) is 16.6 Å². The number of hydrogen-bond donors (Lipinski definition) is 3. The first-order valence-electron chi connectivity index (χ1n) is 6.22. The molecule has 0 aliphatic heterocycles. The molecule has 3 N–H and O–H groups in total. The van der Waals surface area contributed by atoms with Gasteiger partial charge >= 0.3 is 5.97 Å². The number of halogens is 1. The standard InChI is InChI=1S/C14H10ClN3O4/c1-6-2-8-10(3-9(6)15)17-13(20)11(12(8)19)18-5-7(4-16-18)14(21)22/h2-5H,1H3,(H,21,22)(H2,17,19,20). The van der Waals surface area contributed by atoms with E-state index in [9.17, 15) is 14.7 Å². The normalized spacial score (nSPS) is 11.0. The predicted molar refractivity (Wildman–Crippen MR) is 80.1 cm³/mol. The van der Waals surface area contributed by atoms with E-state index in [0.29, 0.717) is 15.9 Å². The predicted octanol–water partition coefficient (Wildman–Crippen LogP) is 2.08. The van der Waals surface area contributed by atoms with Gasteiger partial charge in [0.1, 0.15) is 0 Å². The van der Waals surface area contributed by atoms with Crippen LogP contribution < -0.4 is 5.56 Å². The molecule has 0 bridgehead atoms. The molecule has 0 aliphatic carbocycles. The average molecular weight is 320 g/mol. The summed E-state index contributed by atoms with van der Waals surface area (Å²) in [5.41, 5.74) is 0.263. The molecule has 0 atom stereocenters. The van der Waals surface area contributed by atoms with Gasteiger partial charge in [-0.1, -0.05) is 11.6 Å². The number of nitrogens with one attached hydrogen (secondary N) is 1. The van der Waals surface area contributed by atoms with Crippen molar-refractivity contribution in [3.63, 3.8) is 0 Å². The van der Waals surface area contributed by atoms with E-state index in [1.165, 1.54) is 0 Å². The molecule has 8 heteroatoms. The van der Waals surface area contributed by atoms with E-state index < -0.39 is 11.5 Å². The number of aryl methyl sites for hydroxylation is 1. The number of carboxylic acids is 1. The SMILES string of the molecule is Cc1cc2c(O)c(-n3cc(C(=O)O)cn3)c(=O)[nH]c2cc1Cl. The Morgan fingerprint density at radius 1 is 1.41 bits per heavy atom. The summed E-state index contributed by atoms with van der Waals surface area (Å²) in [5.74, 6) is -1.47. The zero-order chi connectivity index (χ0) is 16.0. The van der Waals surface area contributed by atoms with Crippen molar-refractivity contribution in [3.05, 3.63) is 51.0 Å². The first-order valence-corrected chi connectivity index (χ1v) is 6.59. The Morgan fingerprint density at radius 3 is 2.77 bits per heavy atom. The van der Waals surface area contributed by atoms with Gasteiger partial charge in [0.25, 0.3) is 5.56 Å². The molecule has 0 fully saturated rings. The second-order valence-electron chi connectivity index (χ2n) is 4.78.